The number of rotatable bonds is 3. The van der Waals surface area contributed by atoms with Crippen molar-refractivity contribution in [2.24, 2.45) is 11.8 Å². The molecule has 6 rings (SSSR count). The van der Waals surface area contributed by atoms with Gasteiger partial charge in [0, 0.05) is 30.3 Å². The van der Waals surface area contributed by atoms with Crippen molar-refractivity contribution in [1.82, 2.24) is 19.7 Å². The number of pyridine rings is 1. The highest BCUT2D eigenvalue weighted by molar-refractivity contribution is 6.30. The summed E-state index contributed by atoms with van der Waals surface area (Å²) in [6, 6.07) is 0.260. The van der Waals surface area contributed by atoms with Crippen molar-refractivity contribution in [1.29, 1.82) is 0 Å². The number of halogens is 2. The molecular formula is C23H28ClFN4O2. The third-order valence-corrected chi connectivity index (χ3v) is 7.60. The minimum Gasteiger partial charge on any atom is -0.444 e. The number of nitrogens with zero attached hydrogens (tertiary/aromatic N) is 4. The molecule has 2 aromatic heterocycles. The fourth-order valence-corrected chi connectivity index (χ4v) is 5.61. The maximum Gasteiger partial charge on any atom is 0.410 e. The van der Waals surface area contributed by atoms with Gasteiger partial charge in [-0.3, -0.25) is 4.68 Å². The van der Waals surface area contributed by atoms with E-state index >= 15 is 4.39 Å². The predicted molar refractivity (Wildman–Crippen MR) is 115 cm³/mol. The summed E-state index contributed by atoms with van der Waals surface area (Å²) in [6.45, 7) is 7.00. The number of fused-ring (bicyclic) bond motifs is 2. The molecule has 0 N–H and O–H groups in total. The van der Waals surface area contributed by atoms with Crippen LogP contribution in [0.25, 0.3) is 10.9 Å². The van der Waals surface area contributed by atoms with Crippen molar-refractivity contribution < 1.29 is 13.9 Å². The summed E-state index contributed by atoms with van der Waals surface area (Å²) in [5.74, 6) is 0.861. The average Bonchev–Trinajstić information content (AvgIpc) is 3.52. The van der Waals surface area contributed by atoms with Gasteiger partial charge in [0.1, 0.15) is 11.1 Å². The SMILES string of the molecule is CC(C)(C)OC(=O)N1C[C@@H]2C(c3nn(C4CC4)c4c(F)c(Cl)nc(C5CCC5)c34)[C@@H]2C1. The van der Waals surface area contributed by atoms with Gasteiger partial charge in [-0.25, -0.2) is 14.2 Å². The Morgan fingerprint density at radius 2 is 1.81 bits per heavy atom. The van der Waals surface area contributed by atoms with Crippen LogP contribution in [0.5, 0.6) is 0 Å². The van der Waals surface area contributed by atoms with Gasteiger partial charge in [-0.2, -0.15) is 5.10 Å². The lowest BCUT2D eigenvalue weighted by Crippen LogP contribution is -2.36. The maximum atomic E-state index is 15.2. The summed E-state index contributed by atoms with van der Waals surface area (Å²) < 4.78 is 22.6. The second-order valence-corrected chi connectivity index (χ2v) is 11.1. The standard InChI is InChI=1S/C23H28ClFN4O2/c1-23(2,3)31-22(30)28-9-13-14(10-28)15(13)19-16-18(11-5-4-6-11)26-21(24)17(25)20(16)29(27-19)12-7-8-12/h11-15H,4-10H2,1-3H3/t13-,14+,15?. The number of amides is 1. The third-order valence-electron chi connectivity index (χ3n) is 7.35. The molecule has 8 heteroatoms. The van der Waals surface area contributed by atoms with Gasteiger partial charge in [-0.1, -0.05) is 18.0 Å². The van der Waals surface area contributed by atoms with Crippen LogP contribution in [0, 0.1) is 17.7 Å². The number of aromatic nitrogens is 3. The first-order valence-electron chi connectivity index (χ1n) is 11.5. The zero-order valence-corrected chi connectivity index (χ0v) is 19.0. The van der Waals surface area contributed by atoms with E-state index in [0.717, 1.165) is 42.5 Å². The van der Waals surface area contributed by atoms with Gasteiger partial charge >= 0.3 is 6.09 Å². The van der Waals surface area contributed by atoms with E-state index in [4.69, 9.17) is 21.4 Å². The Labute approximate surface area is 186 Å². The smallest absolute Gasteiger partial charge is 0.410 e. The van der Waals surface area contributed by atoms with Crippen molar-refractivity contribution in [3.05, 3.63) is 22.4 Å². The molecule has 0 bridgehead atoms. The van der Waals surface area contributed by atoms with Gasteiger partial charge in [-0.15, -0.1) is 0 Å². The summed E-state index contributed by atoms with van der Waals surface area (Å²) in [5, 5.41) is 5.84. The van der Waals surface area contributed by atoms with Crippen molar-refractivity contribution in [3.63, 3.8) is 0 Å². The lowest BCUT2D eigenvalue weighted by Gasteiger charge is -2.26. The fourth-order valence-electron chi connectivity index (χ4n) is 5.42. The van der Waals surface area contributed by atoms with Crippen LogP contribution < -0.4 is 0 Å². The van der Waals surface area contributed by atoms with E-state index in [0.29, 0.717) is 36.4 Å². The minimum atomic E-state index is -0.497. The molecule has 1 amide bonds. The Morgan fingerprint density at radius 3 is 2.35 bits per heavy atom. The van der Waals surface area contributed by atoms with Crippen molar-refractivity contribution in [3.8, 4) is 0 Å². The Kier molecular flexibility index (Phi) is 4.18. The number of carbonyl (C=O) groups is 1. The number of likely N-dealkylation sites (tertiary alicyclic amines) is 1. The molecule has 0 radical (unpaired) electrons. The molecule has 1 saturated heterocycles. The molecule has 3 aliphatic carbocycles. The Bertz CT molecular complexity index is 1070. The van der Waals surface area contributed by atoms with Crippen molar-refractivity contribution >= 4 is 28.6 Å². The molecule has 3 atom stereocenters. The lowest BCUT2D eigenvalue weighted by atomic mass is 9.81. The minimum absolute atomic E-state index is 0.0326. The molecule has 1 unspecified atom stereocenters. The number of hydrogen-bond donors (Lipinski definition) is 0. The lowest BCUT2D eigenvalue weighted by molar-refractivity contribution is 0.0271. The van der Waals surface area contributed by atoms with Crippen LogP contribution >= 0.6 is 11.6 Å². The highest BCUT2D eigenvalue weighted by Crippen LogP contribution is 2.60. The summed E-state index contributed by atoms with van der Waals surface area (Å²) >= 11 is 6.24. The first-order valence-corrected chi connectivity index (χ1v) is 11.9. The number of hydrogen-bond acceptors (Lipinski definition) is 4. The molecule has 2 aromatic rings. The molecule has 0 spiro atoms. The summed E-state index contributed by atoms with van der Waals surface area (Å²) in [5.41, 5.74) is 1.96. The third kappa shape index (κ3) is 3.14. The van der Waals surface area contributed by atoms with Crippen LogP contribution in [0.1, 0.15) is 82.1 Å². The van der Waals surface area contributed by atoms with Crippen LogP contribution in [0.4, 0.5) is 9.18 Å². The van der Waals surface area contributed by atoms with Gasteiger partial charge in [0.2, 0.25) is 0 Å². The van der Waals surface area contributed by atoms with Gasteiger partial charge in [0.25, 0.3) is 0 Å². The second-order valence-electron chi connectivity index (χ2n) is 10.8. The van der Waals surface area contributed by atoms with Crippen molar-refractivity contribution in [2.45, 2.75) is 76.4 Å². The van der Waals surface area contributed by atoms with Crippen molar-refractivity contribution in [2.75, 3.05) is 13.1 Å². The molecular weight excluding hydrogens is 419 g/mol. The normalized spacial score (nSPS) is 28.0. The number of carbonyl (C=O) groups excluding carboxylic acids is 1. The van der Waals surface area contributed by atoms with Crippen LogP contribution in [-0.2, 0) is 4.74 Å². The largest absolute Gasteiger partial charge is 0.444 e. The quantitative estimate of drug-likeness (QED) is 0.592. The second kappa shape index (κ2) is 6.56. The summed E-state index contributed by atoms with van der Waals surface area (Å²) in [6.07, 6.45) is 5.12. The molecule has 4 aliphatic rings. The highest BCUT2D eigenvalue weighted by atomic mass is 35.5. The Hall–Kier alpha value is -1.89. The van der Waals surface area contributed by atoms with Gasteiger partial charge < -0.3 is 9.64 Å². The van der Waals surface area contributed by atoms with Gasteiger partial charge in [0.05, 0.1) is 17.4 Å². The van der Waals surface area contributed by atoms with Crippen LogP contribution in [-0.4, -0.2) is 44.4 Å². The molecule has 31 heavy (non-hydrogen) atoms. The molecule has 1 aliphatic heterocycles. The van der Waals surface area contributed by atoms with E-state index in [1.807, 2.05) is 25.5 Å². The first kappa shape index (κ1) is 19.8. The Balaban J connectivity index is 1.35. The monoisotopic (exact) mass is 446 g/mol. The Morgan fingerprint density at radius 1 is 1.13 bits per heavy atom. The molecule has 3 saturated carbocycles. The molecule has 0 aromatic carbocycles. The topological polar surface area (TPSA) is 60.2 Å². The van der Waals surface area contributed by atoms with Crippen LogP contribution in [0.3, 0.4) is 0 Å². The van der Waals surface area contributed by atoms with E-state index in [-0.39, 0.29) is 23.2 Å². The maximum absolute atomic E-state index is 15.2. The zero-order valence-electron chi connectivity index (χ0n) is 18.2. The highest BCUT2D eigenvalue weighted by Gasteiger charge is 2.59. The van der Waals surface area contributed by atoms with E-state index in [2.05, 4.69) is 4.98 Å². The predicted octanol–water partition coefficient (Wildman–Crippen LogP) is 5.41. The summed E-state index contributed by atoms with van der Waals surface area (Å²) in [7, 11) is 0. The van der Waals surface area contributed by atoms with Crippen LogP contribution in [0.15, 0.2) is 0 Å². The average molecular weight is 447 g/mol. The molecule has 4 fully saturated rings. The number of piperidine rings is 1. The van der Waals surface area contributed by atoms with E-state index < -0.39 is 11.4 Å². The van der Waals surface area contributed by atoms with E-state index in [1.54, 1.807) is 4.90 Å². The van der Waals surface area contributed by atoms with Crippen LogP contribution in [0.2, 0.25) is 5.15 Å². The fraction of sp³-hybridized carbons (Fsp3) is 0.696. The van der Waals surface area contributed by atoms with Gasteiger partial charge in [0.15, 0.2) is 11.0 Å². The number of ether oxygens (including phenoxy) is 1. The first-order chi connectivity index (χ1) is 14.7. The van der Waals surface area contributed by atoms with E-state index in [1.165, 1.54) is 6.42 Å². The summed E-state index contributed by atoms with van der Waals surface area (Å²) in [4.78, 5) is 18.8. The molecule has 3 heterocycles. The molecule has 6 nitrogen and oxygen atoms in total. The van der Waals surface area contributed by atoms with E-state index in [9.17, 15) is 4.79 Å². The zero-order chi connectivity index (χ0) is 21.7. The van der Waals surface area contributed by atoms with Gasteiger partial charge in [-0.05, 0) is 58.3 Å². The molecule has 166 valence electrons.